The van der Waals surface area contributed by atoms with Crippen molar-refractivity contribution in [1.29, 1.82) is 0 Å². The van der Waals surface area contributed by atoms with Crippen LogP contribution in [0.25, 0.3) is 21.7 Å². The second kappa shape index (κ2) is 9.03. The Morgan fingerprint density at radius 1 is 1.06 bits per heavy atom. The van der Waals surface area contributed by atoms with Crippen LogP contribution in [0.4, 0.5) is 10.6 Å². The molecule has 1 saturated carbocycles. The average molecular weight is 488 g/mol. The van der Waals surface area contributed by atoms with Gasteiger partial charge in [-0.05, 0) is 43.0 Å². The lowest BCUT2D eigenvalue weighted by Crippen LogP contribution is -2.18. The molecule has 8 heteroatoms. The third-order valence-corrected chi connectivity index (χ3v) is 7.73. The largest absolute Gasteiger partial charge is 0.481 e. The molecule has 0 aliphatic heterocycles. The molecule has 1 aliphatic carbocycles. The highest BCUT2D eigenvalue weighted by Crippen LogP contribution is 2.51. The quantitative estimate of drug-likeness (QED) is 0.322. The minimum atomic E-state index is -0.742. The molecule has 0 radical (unpaired) electrons. The molecule has 2 aromatic carbocycles. The fourth-order valence-electron chi connectivity index (χ4n) is 4.10. The van der Waals surface area contributed by atoms with Gasteiger partial charge in [0.25, 0.3) is 0 Å². The summed E-state index contributed by atoms with van der Waals surface area (Å²) in [5.41, 5.74) is 2.72. The maximum atomic E-state index is 12.6. The number of thiophene rings is 1. The number of hydrogen-bond donors (Lipinski definition) is 2. The lowest BCUT2D eigenvalue weighted by atomic mass is 10.1. The van der Waals surface area contributed by atoms with Gasteiger partial charge in [-0.15, -0.1) is 11.3 Å². The van der Waals surface area contributed by atoms with Crippen molar-refractivity contribution in [2.24, 2.45) is 7.05 Å². The number of nitrogens with zero attached hydrogens (tertiary/aromatic N) is 2. The van der Waals surface area contributed by atoms with Crippen molar-refractivity contribution in [2.75, 3.05) is 5.32 Å². The van der Waals surface area contributed by atoms with E-state index in [-0.39, 0.29) is 0 Å². The SMILES string of the molecule is CC(OC(=O)Nc1c(-c2ccc(-c3ccc(C4(C(=O)O)CC4)s3)cc2)ncn1C)c1ccccc1. The molecule has 7 nitrogen and oxygen atoms in total. The minimum absolute atomic E-state index is 0.390. The number of hydrogen-bond acceptors (Lipinski definition) is 5. The molecule has 2 aromatic heterocycles. The van der Waals surface area contributed by atoms with Crippen LogP contribution in [-0.2, 0) is 22.0 Å². The molecule has 0 bridgehead atoms. The topological polar surface area (TPSA) is 93.4 Å². The summed E-state index contributed by atoms with van der Waals surface area (Å²) in [6, 6.07) is 21.3. The summed E-state index contributed by atoms with van der Waals surface area (Å²) in [6.45, 7) is 1.83. The van der Waals surface area contributed by atoms with E-state index in [0.717, 1.165) is 26.4 Å². The maximum Gasteiger partial charge on any atom is 0.413 e. The van der Waals surface area contributed by atoms with Crippen LogP contribution < -0.4 is 5.32 Å². The predicted molar refractivity (Wildman–Crippen MR) is 135 cm³/mol. The van der Waals surface area contributed by atoms with Gasteiger partial charge in [-0.2, -0.15) is 0 Å². The number of benzene rings is 2. The molecule has 1 atom stereocenters. The van der Waals surface area contributed by atoms with Gasteiger partial charge in [-0.25, -0.2) is 9.78 Å². The number of aromatic nitrogens is 2. The Morgan fingerprint density at radius 3 is 2.40 bits per heavy atom. The molecule has 35 heavy (non-hydrogen) atoms. The Hall–Kier alpha value is -3.91. The second-order valence-electron chi connectivity index (χ2n) is 8.76. The summed E-state index contributed by atoms with van der Waals surface area (Å²) in [5, 5.41) is 12.4. The minimum Gasteiger partial charge on any atom is -0.481 e. The van der Waals surface area contributed by atoms with Crippen LogP contribution in [0.15, 0.2) is 73.1 Å². The number of amides is 1. The van der Waals surface area contributed by atoms with Gasteiger partial charge in [0.1, 0.15) is 23.0 Å². The Morgan fingerprint density at radius 2 is 1.74 bits per heavy atom. The van der Waals surface area contributed by atoms with Gasteiger partial charge in [-0.3, -0.25) is 10.1 Å². The number of aliphatic carboxylic acids is 1. The van der Waals surface area contributed by atoms with Gasteiger partial charge in [0.05, 0.1) is 6.33 Å². The average Bonchev–Trinajstić information content (AvgIpc) is 3.40. The maximum absolute atomic E-state index is 12.6. The zero-order chi connectivity index (χ0) is 24.6. The highest BCUT2D eigenvalue weighted by atomic mass is 32.1. The third kappa shape index (κ3) is 4.44. The van der Waals surface area contributed by atoms with E-state index in [9.17, 15) is 14.7 Å². The van der Waals surface area contributed by atoms with Crippen LogP contribution in [0.1, 0.15) is 36.3 Å². The number of ether oxygens (including phenoxy) is 1. The van der Waals surface area contributed by atoms with E-state index in [1.807, 2.05) is 80.7 Å². The van der Waals surface area contributed by atoms with Crippen molar-refractivity contribution in [3.05, 3.63) is 83.5 Å². The standard InChI is InChI=1S/C27H25N3O4S/c1-17(18-6-4-3-5-7-18)34-26(33)29-24-23(28-16-30(24)2)20-10-8-19(9-11-20)21-12-13-22(35-21)27(14-15-27)25(31)32/h3-13,16-17H,14-15H2,1-2H3,(H,29,33)(H,31,32). The summed E-state index contributed by atoms with van der Waals surface area (Å²) >= 11 is 1.53. The molecule has 178 valence electrons. The van der Waals surface area contributed by atoms with Crippen molar-refractivity contribution in [1.82, 2.24) is 9.55 Å². The van der Waals surface area contributed by atoms with Crippen molar-refractivity contribution < 1.29 is 19.4 Å². The number of nitrogens with one attached hydrogen (secondary N) is 1. The van der Waals surface area contributed by atoms with Gasteiger partial charge in [-0.1, -0.05) is 54.6 Å². The monoisotopic (exact) mass is 487 g/mol. The Bertz CT molecular complexity index is 1370. The van der Waals surface area contributed by atoms with Crippen molar-refractivity contribution in [3.63, 3.8) is 0 Å². The van der Waals surface area contributed by atoms with E-state index in [4.69, 9.17) is 4.74 Å². The first-order chi connectivity index (χ1) is 16.9. The van der Waals surface area contributed by atoms with Crippen LogP contribution in [0.3, 0.4) is 0 Å². The van der Waals surface area contributed by atoms with E-state index < -0.39 is 23.6 Å². The highest BCUT2D eigenvalue weighted by molar-refractivity contribution is 7.15. The lowest BCUT2D eigenvalue weighted by Gasteiger charge is -2.15. The first kappa shape index (κ1) is 22.9. The zero-order valence-corrected chi connectivity index (χ0v) is 20.2. The van der Waals surface area contributed by atoms with Crippen LogP contribution in [0.2, 0.25) is 0 Å². The molecule has 4 aromatic rings. The molecule has 5 rings (SSSR count). The summed E-state index contributed by atoms with van der Waals surface area (Å²) in [5.74, 6) is -0.202. The van der Waals surface area contributed by atoms with Crippen LogP contribution in [0.5, 0.6) is 0 Å². The summed E-state index contributed by atoms with van der Waals surface area (Å²) < 4.78 is 7.29. The lowest BCUT2D eigenvalue weighted by molar-refractivity contribution is -0.139. The van der Waals surface area contributed by atoms with Crippen LogP contribution in [-0.4, -0.2) is 26.7 Å². The summed E-state index contributed by atoms with van der Waals surface area (Å²) in [7, 11) is 1.81. The molecule has 2 N–H and O–H groups in total. The number of carbonyl (C=O) groups is 2. The molecule has 1 unspecified atom stereocenters. The number of imidazole rings is 1. The molecule has 1 fully saturated rings. The molecule has 1 amide bonds. The number of carbonyl (C=O) groups excluding carboxylic acids is 1. The Balaban J connectivity index is 1.31. The first-order valence-corrected chi connectivity index (χ1v) is 12.2. The van der Waals surface area contributed by atoms with Crippen molar-refractivity contribution >= 4 is 29.2 Å². The van der Waals surface area contributed by atoms with Crippen LogP contribution in [0, 0.1) is 0 Å². The van der Waals surface area contributed by atoms with Crippen molar-refractivity contribution in [3.8, 4) is 21.7 Å². The number of carboxylic acid groups (broad SMARTS) is 1. The predicted octanol–water partition coefficient (Wildman–Crippen LogP) is 6.24. The fraction of sp³-hybridized carbons (Fsp3) is 0.222. The molecular formula is C27H25N3O4S. The second-order valence-corrected chi connectivity index (χ2v) is 9.85. The van der Waals surface area contributed by atoms with Crippen LogP contribution >= 0.6 is 11.3 Å². The number of carboxylic acids is 1. The van der Waals surface area contributed by atoms with Gasteiger partial charge in [0.2, 0.25) is 0 Å². The molecule has 0 saturated heterocycles. The molecule has 2 heterocycles. The van der Waals surface area contributed by atoms with E-state index >= 15 is 0 Å². The van der Waals surface area contributed by atoms with E-state index in [2.05, 4.69) is 10.3 Å². The normalized spacial score (nSPS) is 14.8. The Kier molecular flexibility index (Phi) is 5.90. The fourth-order valence-corrected chi connectivity index (χ4v) is 5.35. The smallest absolute Gasteiger partial charge is 0.413 e. The molecular weight excluding hydrogens is 462 g/mol. The molecule has 0 spiro atoms. The van der Waals surface area contributed by atoms with E-state index in [1.54, 1.807) is 10.9 Å². The van der Waals surface area contributed by atoms with Gasteiger partial charge in [0, 0.05) is 22.4 Å². The zero-order valence-electron chi connectivity index (χ0n) is 19.4. The summed E-state index contributed by atoms with van der Waals surface area (Å²) in [6.07, 6.45) is 2.10. The number of anilines is 1. The Labute approximate surface area is 207 Å². The van der Waals surface area contributed by atoms with Gasteiger partial charge in [0.15, 0.2) is 0 Å². The van der Waals surface area contributed by atoms with Crippen molar-refractivity contribution in [2.45, 2.75) is 31.3 Å². The summed E-state index contributed by atoms with van der Waals surface area (Å²) in [4.78, 5) is 30.6. The number of aryl methyl sites for hydroxylation is 1. The van der Waals surface area contributed by atoms with Gasteiger partial charge < -0.3 is 14.4 Å². The number of rotatable bonds is 7. The van der Waals surface area contributed by atoms with E-state index in [0.29, 0.717) is 24.4 Å². The highest BCUT2D eigenvalue weighted by Gasteiger charge is 2.52. The van der Waals surface area contributed by atoms with Gasteiger partial charge >= 0.3 is 12.1 Å². The first-order valence-electron chi connectivity index (χ1n) is 11.4. The van der Waals surface area contributed by atoms with E-state index in [1.165, 1.54) is 11.3 Å². The third-order valence-electron chi connectivity index (χ3n) is 6.39. The molecule has 1 aliphatic rings.